The van der Waals surface area contributed by atoms with Crippen molar-refractivity contribution in [3.05, 3.63) is 22.8 Å². The Morgan fingerprint density at radius 3 is 2.89 bits per heavy atom. The molecule has 0 saturated carbocycles. The van der Waals surface area contributed by atoms with Gasteiger partial charge in [-0.2, -0.15) is 0 Å². The Morgan fingerprint density at radius 1 is 1.56 bits per heavy atom. The summed E-state index contributed by atoms with van der Waals surface area (Å²) >= 11 is 5.98. The van der Waals surface area contributed by atoms with Crippen molar-refractivity contribution in [2.24, 2.45) is 0 Å². The van der Waals surface area contributed by atoms with Gasteiger partial charge in [-0.3, -0.25) is 4.79 Å². The molecule has 0 aliphatic carbocycles. The summed E-state index contributed by atoms with van der Waals surface area (Å²) in [4.78, 5) is 17.8. The summed E-state index contributed by atoms with van der Waals surface area (Å²) in [5.74, 6) is 0.401. The number of amides is 1. The molecular weight excluding hydrogens is 254 g/mol. The summed E-state index contributed by atoms with van der Waals surface area (Å²) in [6.45, 7) is 3.56. The molecule has 100 valence electrons. The number of likely N-dealkylation sites (N-methyl/N-ethyl adjacent to an activating group) is 1. The second kappa shape index (κ2) is 7.18. The van der Waals surface area contributed by atoms with Crippen LogP contribution < -0.4 is 5.32 Å². The van der Waals surface area contributed by atoms with Gasteiger partial charge in [-0.15, -0.1) is 0 Å². The van der Waals surface area contributed by atoms with Crippen LogP contribution >= 0.6 is 11.6 Å². The fraction of sp³-hybridized carbons (Fsp3) is 0.500. The molecule has 1 rings (SSSR count). The van der Waals surface area contributed by atoms with E-state index in [1.807, 2.05) is 6.92 Å². The maximum atomic E-state index is 12.1. The third-order valence-electron chi connectivity index (χ3n) is 2.43. The maximum absolute atomic E-state index is 12.1. The normalized spacial score (nSPS) is 10.2. The Hall–Kier alpha value is -1.33. The molecule has 0 aliphatic rings. The van der Waals surface area contributed by atoms with Crippen LogP contribution in [0.2, 0.25) is 5.02 Å². The van der Waals surface area contributed by atoms with Gasteiger partial charge in [0.05, 0.1) is 11.6 Å². The SMILES string of the molecule is CCOCCN(C)C(=O)c1nc(NC)ccc1Cl. The molecule has 1 amide bonds. The lowest BCUT2D eigenvalue weighted by atomic mass is 10.3. The van der Waals surface area contributed by atoms with Crippen LogP contribution in [0.3, 0.4) is 0 Å². The van der Waals surface area contributed by atoms with Gasteiger partial charge in [0.2, 0.25) is 0 Å². The van der Waals surface area contributed by atoms with Gasteiger partial charge in [-0.25, -0.2) is 4.98 Å². The minimum Gasteiger partial charge on any atom is -0.380 e. The quantitative estimate of drug-likeness (QED) is 0.803. The zero-order valence-electron chi connectivity index (χ0n) is 10.9. The molecule has 1 aromatic rings. The molecule has 0 unspecified atom stereocenters. The highest BCUT2D eigenvalue weighted by atomic mass is 35.5. The van der Waals surface area contributed by atoms with Gasteiger partial charge in [0.25, 0.3) is 5.91 Å². The lowest BCUT2D eigenvalue weighted by Crippen LogP contribution is -2.31. The number of rotatable bonds is 6. The number of carbonyl (C=O) groups excluding carboxylic acids is 1. The number of hydrogen-bond donors (Lipinski definition) is 1. The number of aromatic nitrogens is 1. The van der Waals surface area contributed by atoms with Crippen LogP contribution in [0.5, 0.6) is 0 Å². The molecular formula is C12H18ClN3O2. The van der Waals surface area contributed by atoms with Crippen LogP contribution in [-0.2, 0) is 4.74 Å². The molecule has 0 atom stereocenters. The fourth-order valence-electron chi connectivity index (χ4n) is 1.36. The molecule has 1 N–H and O–H groups in total. The van der Waals surface area contributed by atoms with Gasteiger partial charge in [0.1, 0.15) is 11.5 Å². The summed E-state index contributed by atoms with van der Waals surface area (Å²) in [6.07, 6.45) is 0. The highest BCUT2D eigenvalue weighted by Gasteiger charge is 2.17. The second-order valence-corrected chi connectivity index (χ2v) is 4.11. The van der Waals surface area contributed by atoms with Crippen molar-refractivity contribution < 1.29 is 9.53 Å². The number of anilines is 1. The van der Waals surface area contributed by atoms with E-state index in [0.717, 1.165) is 0 Å². The number of ether oxygens (including phenoxy) is 1. The van der Waals surface area contributed by atoms with E-state index in [2.05, 4.69) is 10.3 Å². The molecule has 6 heteroatoms. The molecule has 0 aliphatic heterocycles. The van der Waals surface area contributed by atoms with Crippen molar-refractivity contribution in [3.8, 4) is 0 Å². The van der Waals surface area contributed by atoms with E-state index in [1.165, 1.54) is 0 Å². The van der Waals surface area contributed by atoms with Crippen molar-refractivity contribution in [2.45, 2.75) is 6.92 Å². The summed E-state index contributed by atoms with van der Waals surface area (Å²) in [7, 11) is 3.44. The van der Waals surface area contributed by atoms with E-state index in [-0.39, 0.29) is 11.6 Å². The van der Waals surface area contributed by atoms with E-state index in [4.69, 9.17) is 16.3 Å². The van der Waals surface area contributed by atoms with Crippen molar-refractivity contribution in [3.63, 3.8) is 0 Å². The van der Waals surface area contributed by atoms with E-state index in [9.17, 15) is 4.79 Å². The second-order valence-electron chi connectivity index (χ2n) is 3.70. The van der Waals surface area contributed by atoms with E-state index < -0.39 is 0 Å². The lowest BCUT2D eigenvalue weighted by Gasteiger charge is -2.17. The highest BCUT2D eigenvalue weighted by molar-refractivity contribution is 6.33. The topological polar surface area (TPSA) is 54.5 Å². The van der Waals surface area contributed by atoms with Crippen molar-refractivity contribution >= 4 is 23.3 Å². The highest BCUT2D eigenvalue weighted by Crippen LogP contribution is 2.17. The number of nitrogens with zero attached hydrogens (tertiary/aromatic N) is 2. The number of nitrogens with one attached hydrogen (secondary N) is 1. The first-order valence-electron chi connectivity index (χ1n) is 5.77. The predicted molar refractivity (Wildman–Crippen MR) is 72.2 cm³/mol. The fourth-order valence-corrected chi connectivity index (χ4v) is 1.55. The van der Waals surface area contributed by atoms with Crippen LogP contribution in [-0.4, -0.2) is 49.6 Å². The maximum Gasteiger partial charge on any atom is 0.273 e. The first-order chi connectivity index (χ1) is 8.60. The Kier molecular flexibility index (Phi) is 5.88. The third kappa shape index (κ3) is 3.85. The molecule has 0 radical (unpaired) electrons. The van der Waals surface area contributed by atoms with Crippen LogP contribution in [0.4, 0.5) is 5.82 Å². The van der Waals surface area contributed by atoms with E-state index >= 15 is 0 Å². The molecule has 5 nitrogen and oxygen atoms in total. The Labute approximate surface area is 112 Å². The number of pyridine rings is 1. The minimum atomic E-state index is -0.211. The zero-order chi connectivity index (χ0) is 13.5. The summed E-state index contributed by atoms with van der Waals surface area (Å²) < 4.78 is 5.21. The Morgan fingerprint density at radius 2 is 2.28 bits per heavy atom. The van der Waals surface area contributed by atoms with Gasteiger partial charge < -0.3 is 15.0 Å². The van der Waals surface area contributed by atoms with Crippen molar-refractivity contribution in [1.82, 2.24) is 9.88 Å². The molecule has 0 fully saturated rings. The first kappa shape index (κ1) is 14.7. The van der Waals surface area contributed by atoms with Crippen LogP contribution in [0.1, 0.15) is 17.4 Å². The minimum absolute atomic E-state index is 0.211. The van der Waals surface area contributed by atoms with Gasteiger partial charge in [0, 0.05) is 27.2 Å². The predicted octanol–water partition coefficient (Wildman–Crippen LogP) is 1.89. The molecule has 1 heterocycles. The molecule has 0 spiro atoms. The number of carbonyl (C=O) groups is 1. The first-order valence-corrected chi connectivity index (χ1v) is 6.15. The molecule has 18 heavy (non-hydrogen) atoms. The van der Waals surface area contributed by atoms with Gasteiger partial charge in [-0.1, -0.05) is 11.6 Å². The Balaban J connectivity index is 2.76. The van der Waals surface area contributed by atoms with Crippen molar-refractivity contribution in [2.75, 3.05) is 39.2 Å². The smallest absolute Gasteiger partial charge is 0.273 e. The molecule has 1 aromatic heterocycles. The van der Waals surface area contributed by atoms with E-state index in [1.54, 1.807) is 31.1 Å². The number of halogens is 1. The standard InChI is InChI=1S/C12H18ClN3O2/c1-4-18-8-7-16(3)12(17)11-9(13)5-6-10(14-2)15-11/h5-6H,4,7-8H2,1-3H3,(H,14,15). The lowest BCUT2D eigenvalue weighted by molar-refractivity contribution is 0.0705. The van der Waals surface area contributed by atoms with Gasteiger partial charge in [-0.05, 0) is 19.1 Å². The average molecular weight is 272 g/mol. The molecule has 0 aromatic carbocycles. The zero-order valence-corrected chi connectivity index (χ0v) is 11.6. The summed E-state index contributed by atoms with van der Waals surface area (Å²) in [5, 5.41) is 3.22. The molecule has 0 bridgehead atoms. The van der Waals surface area contributed by atoms with Crippen LogP contribution in [0.25, 0.3) is 0 Å². The number of hydrogen-bond acceptors (Lipinski definition) is 4. The van der Waals surface area contributed by atoms with Gasteiger partial charge in [0.15, 0.2) is 0 Å². The monoisotopic (exact) mass is 271 g/mol. The van der Waals surface area contributed by atoms with Crippen molar-refractivity contribution in [1.29, 1.82) is 0 Å². The van der Waals surface area contributed by atoms with Crippen LogP contribution in [0, 0.1) is 0 Å². The van der Waals surface area contributed by atoms with Crippen LogP contribution in [0.15, 0.2) is 12.1 Å². The van der Waals surface area contributed by atoms with E-state index in [0.29, 0.717) is 30.6 Å². The Bertz CT molecular complexity index is 412. The molecule has 0 saturated heterocycles. The van der Waals surface area contributed by atoms with Gasteiger partial charge >= 0.3 is 0 Å². The summed E-state index contributed by atoms with van der Waals surface area (Å²) in [5.41, 5.74) is 0.252. The third-order valence-corrected chi connectivity index (χ3v) is 2.73. The average Bonchev–Trinajstić information content (AvgIpc) is 2.38. The summed E-state index contributed by atoms with van der Waals surface area (Å²) in [6, 6.07) is 3.38. The largest absolute Gasteiger partial charge is 0.380 e.